The van der Waals surface area contributed by atoms with Gasteiger partial charge in [0.05, 0.1) is 10.5 Å². The SMILES string of the molecule is NC(=O)c1ccc(NCCOC(=O)c2ccc(Br)cc2)c([N+](=O)[O-])c1. The third kappa shape index (κ3) is 5.01. The average Bonchev–Trinajstić information content (AvgIpc) is 2.58. The molecule has 0 aromatic heterocycles. The van der Waals surface area contributed by atoms with E-state index in [9.17, 15) is 19.7 Å². The van der Waals surface area contributed by atoms with Crippen molar-refractivity contribution >= 4 is 39.2 Å². The minimum atomic E-state index is -0.752. The van der Waals surface area contributed by atoms with Crippen LogP contribution in [0.15, 0.2) is 46.9 Å². The molecule has 0 aliphatic heterocycles. The number of carbonyl (C=O) groups is 2. The highest BCUT2D eigenvalue weighted by Crippen LogP contribution is 2.25. The molecule has 0 bridgehead atoms. The fourth-order valence-electron chi connectivity index (χ4n) is 1.98. The lowest BCUT2D eigenvalue weighted by molar-refractivity contribution is -0.384. The number of primary amides is 1. The molecule has 0 saturated carbocycles. The molecule has 3 N–H and O–H groups in total. The lowest BCUT2D eigenvalue weighted by atomic mass is 10.1. The highest BCUT2D eigenvalue weighted by Gasteiger charge is 2.16. The predicted molar refractivity (Wildman–Crippen MR) is 94.5 cm³/mol. The summed E-state index contributed by atoms with van der Waals surface area (Å²) in [6.07, 6.45) is 0. The van der Waals surface area contributed by atoms with Crippen molar-refractivity contribution in [3.63, 3.8) is 0 Å². The molecular formula is C16H14BrN3O5. The highest BCUT2D eigenvalue weighted by molar-refractivity contribution is 9.10. The summed E-state index contributed by atoms with van der Waals surface area (Å²) in [5, 5.41) is 13.9. The molecule has 2 aromatic carbocycles. The number of nitro benzene ring substituents is 1. The zero-order valence-electron chi connectivity index (χ0n) is 12.9. The standard InChI is InChI=1S/C16H14BrN3O5/c17-12-4-1-10(2-5-12)16(22)25-8-7-19-13-6-3-11(15(18)21)9-14(13)20(23)24/h1-6,9,19H,7-8H2,(H2,18,21). The molecule has 130 valence electrons. The number of amides is 1. The van der Waals surface area contributed by atoms with Crippen LogP contribution in [0.4, 0.5) is 11.4 Å². The van der Waals surface area contributed by atoms with Gasteiger partial charge < -0.3 is 15.8 Å². The molecule has 0 spiro atoms. The summed E-state index contributed by atoms with van der Waals surface area (Å²) in [7, 11) is 0. The van der Waals surface area contributed by atoms with Crippen molar-refractivity contribution in [1.82, 2.24) is 0 Å². The van der Waals surface area contributed by atoms with Gasteiger partial charge in [-0.1, -0.05) is 15.9 Å². The van der Waals surface area contributed by atoms with E-state index in [1.165, 1.54) is 12.1 Å². The quantitative estimate of drug-likeness (QED) is 0.314. The van der Waals surface area contributed by atoms with Gasteiger partial charge in [0.2, 0.25) is 5.91 Å². The van der Waals surface area contributed by atoms with E-state index in [1.807, 2.05) is 0 Å². The van der Waals surface area contributed by atoms with Crippen LogP contribution in [0.3, 0.4) is 0 Å². The summed E-state index contributed by atoms with van der Waals surface area (Å²) in [5.41, 5.74) is 5.47. The Bertz CT molecular complexity index is 808. The maximum atomic E-state index is 11.8. The van der Waals surface area contributed by atoms with Crippen molar-refractivity contribution in [2.75, 3.05) is 18.5 Å². The minimum Gasteiger partial charge on any atom is -0.460 e. The first kappa shape index (κ1) is 18.4. The molecule has 0 heterocycles. The number of anilines is 1. The maximum absolute atomic E-state index is 11.8. The number of halogens is 1. The van der Waals surface area contributed by atoms with Crippen molar-refractivity contribution in [3.05, 3.63) is 68.2 Å². The van der Waals surface area contributed by atoms with Gasteiger partial charge in [-0.3, -0.25) is 14.9 Å². The third-order valence-electron chi connectivity index (χ3n) is 3.21. The molecule has 0 radical (unpaired) electrons. The van der Waals surface area contributed by atoms with Gasteiger partial charge in [-0.25, -0.2) is 4.79 Å². The van der Waals surface area contributed by atoms with E-state index in [0.29, 0.717) is 5.56 Å². The Morgan fingerprint density at radius 1 is 1.16 bits per heavy atom. The van der Waals surface area contributed by atoms with E-state index in [2.05, 4.69) is 21.2 Å². The van der Waals surface area contributed by atoms with Gasteiger partial charge in [-0.2, -0.15) is 0 Å². The number of nitro groups is 1. The van der Waals surface area contributed by atoms with E-state index < -0.39 is 16.8 Å². The zero-order valence-corrected chi connectivity index (χ0v) is 14.5. The molecule has 2 aromatic rings. The van der Waals surface area contributed by atoms with Crippen LogP contribution in [-0.4, -0.2) is 30.0 Å². The molecule has 25 heavy (non-hydrogen) atoms. The first-order chi connectivity index (χ1) is 11.9. The summed E-state index contributed by atoms with van der Waals surface area (Å²) in [6.45, 7) is 0.183. The molecule has 0 unspecified atom stereocenters. The van der Waals surface area contributed by atoms with E-state index in [4.69, 9.17) is 10.5 Å². The fraction of sp³-hybridized carbons (Fsp3) is 0.125. The second-order valence-electron chi connectivity index (χ2n) is 4.92. The van der Waals surface area contributed by atoms with Crippen LogP contribution in [-0.2, 0) is 4.74 Å². The number of esters is 1. The predicted octanol–water partition coefficient (Wildman–Crippen LogP) is 2.73. The number of hydrogen-bond donors (Lipinski definition) is 2. The van der Waals surface area contributed by atoms with Crippen molar-refractivity contribution in [2.24, 2.45) is 5.73 Å². The first-order valence-electron chi connectivity index (χ1n) is 7.13. The van der Waals surface area contributed by atoms with Crippen LogP contribution in [0.2, 0.25) is 0 Å². The summed E-state index contributed by atoms with van der Waals surface area (Å²) >= 11 is 3.27. The van der Waals surface area contributed by atoms with E-state index in [1.54, 1.807) is 24.3 Å². The Labute approximate surface area is 151 Å². The number of rotatable bonds is 7. The van der Waals surface area contributed by atoms with Crippen molar-refractivity contribution < 1.29 is 19.2 Å². The number of nitrogens with zero attached hydrogens (tertiary/aromatic N) is 1. The molecule has 0 aliphatic carbocycles. The Balaban J connectivity index is 1.93. The monoisotopic (exact) mass is 407 g/mol. The van der Waals surface area contributed by atoms with Crippen LogP contribution in [0.5, 0.6) is 0 Å². The Morgan fingerprint density at radius 3 is 2.40 bits per heavy atom. The minimum absolute atomic E-state index is 0.0175. The molecule has 0 fully saturated rings. The van der Waals surface area contributed by atoms with Crippen molar-refractivity contribution in [3.8, 4) is 0 Å². The number of ether oxygens (including phenoxy) is 1. The van der Waals surface area contributed by atoms with E-state index in [-0.39, 0.29) is 30.1 Å². The Morgan fingerprint density at radius 2 is 1.80 bits per heavy atom. The lowest BCUT2D eigenvalue weighted by Gasteiger charge is -2.09. The molecule has 0 aliphatic rings. The zero-order chi connectivity index (χ0) is 18.4. The van der Waals surface area contributed by atoms with E-state index >= 15 is 0 Å². The summed E-state index contributed by atoms with van der Waals surface area (Å²) < 4.78 is 5.94. The highest BCUT2D eigenvalue weighted by atomic mass is 79.9. The normalized spacial score (nSPS) is 10.1. The average molecular weight is 408 g/mol. The van der Waals surface area contributed by atoms with Crippen molar-refractivity contribution in [2.45, 2.75) is 0 Å². The van der Waals surface area contributed by atoms with Gasteiger partial charge in [0, 0.05) is 22.6 Å². The van der Waals surface area contributed by atoms with Gasteiger partial charge in [0.15, 0.2) is 0 Å². The van der Waals surface area contributed by atoms with Crippen LogP contribution in [0.1, 0.15) is 20.7 Å². The number of hydrogen-bond acceptors (Lipinski definition) is 6. The van der Waals surface area contributed by atoms with Crippen LogP contribution in [0.25, 0.3) is 0 Å². The Hall–Kier alpha value is -2.94. The maximum Gasteiger partial charge on any atom is 0.338 e. The largest absolute Gasteiger partial charge is 0.460 e. The number of nitrogens with two attached hydrogens (primary N) is 1. The smallest absolute Gasteiger partial charge is 0.338 e. The molecule has 8 nitrogen and oxygen atoms in total. The summed E-state index contributed by atoms with van der Waals surface area (Å²) in [6, 6.07) is 10.5. The summed E-state index contributed by atoms with van der Waals surface area (Å²) in [5.74, 6) is -1.24. The van der Waals surface area contributed by atoms with Gasteiger partial charge in [0.25, 0.3) is 5.69 Å². The number of carbonyl (C=O) groups excluding carboxylic acids is 2. The van der Waals surface area contributed by atoms with Crippen molar-refractivity contribution in [1.29, 1.82) is 0 Å². The van der Waals surface area contributed by atoms with Crippen LogP contribution < -0.4 is 11.1 Å². The molecule has 1 amide bonds. The third-order valence-corrected chi connectivity index (χ3v) is 3.74. The Kier molecular flexibility index (Phi) is 6.07. The fourth-order valence-corrected chi connectivity index (χ4v) is 2.25. The molecule has 9 heteroatoms. The van der Waals surface area contributed by atoms with E-state index in [0.717, 1.165) is 10.5 Å². The second-order valence-corrected chi connectivity index (χ2v) is 5.84. The van der Waals surface area contributed by atoms with Gasteiger partial charge in [0.1, 0.15) is 12.3 Å². The van der Waals surface area contributed by atoms with Gasteiger partial charge >= 0.3 is 5.97 Å². The van der Waals surface area contributed by atoms with Gasteiger partial charge in [-0.15, -0.1) is 0 Å². The first-order valence-corrected chi connectivity index (χ1v) is 7.92. The number of benzene rings is 2. The second kappa shape index (κ2) is 8.25. The van der Waals surface area contributed by atoms with Crippen LogP contribution >= 0.6 is 15.9 Å². The topological polar surface area (TPSA) is 125 Å². The molecule has 0 atom stereocenters. The van der Waals surface area contributed by atoms with Gasteiger partial charge in [-0.05, 0) is 36.4 Å². The molecular weight excluding hydrogens is 394 g/mol. The molecule has 0 saturated heterocycles. The van der Waals surface area contributed by atoms with Crippen LogP contribution in [0, 0.1) is 10.1 Å². The summed E-state index contributed by atoms with van der Waals surface area (Å²) in [4.78, 5) is 33.4. The number of nitrogens with one attached hydrogen (secondary N) is 1. The molecule has 2 rings (SSSR count). The lowest BCUT2D eigenvalue weighted by Crippen LogP contribution is -2.15.